The van der Waals surface area contributed by atoms with Gasteiger partial charge < -0.3 is 4.90 Å². The molecule has 4 atom stereocenters. The zero-order chi connectivity index (χ0) is 26.6. The predicted octanol–water partition coefficient (Wildman–Crippen LogP) is 5.37. The molecule has 3 aromatic carbocycles. The van der Waals surface area contributed by atoms with Gasteiger partial charge in [-0.2, -0.15) is 0 Å². The van der Waals surface area contributed by atoms with E-state index >= 15 is 0 Å². The Kier molecular flexibility index (Phi) is 6.01. The van der Waals surface area contributed by atoms with Gasteiger partial charge in [-0.1, -0.05) is 65.7 Å². The number of rotatable bonds is 5. The molecule has 6 rings (SSSR count). The molecule has 2 amide bonds. The molecule has 38 heavy (non-hydrogen) atoms. The van der Waals surface area contributed by atoms with Gasteiger partial charge in [-0.15, -0.1) is 0 Å². The van der Waals surface area contributed by atoms with Gasteiger partial charge in [0.2, 0.25) is 11.8 Å². The third kappa shape index (κ3) is 3.88. The summed E-state index contributed by atoms with van der Waals surface area (Å²) in [6, 6.07) is 20.2. The van der Waals surface area contributed by atoms with Crippen LogP contribution in [0.4, 0.5) is 5.69 Å². The van der Waals surface area contributed by atoms with Gasteiger partial charge >= 0.3 is 0 Å². The Hall–Kier alpha value is -4.00. The highest BCUT2D eigenvalue weighted by Crippen LogP contribution is 2.47. The van der Waals surface area contributed by atoms with Gasteiger partial charge in [0.1, 0.15) is 6.04 Å². The SMILES string of the molecule is O=C(C1=C[C@H]2[C@H]3C(=O)N(c4cccc(Cl)c4)C(=O)[C@@H]3[C@H](C(=O)c3ccc(Cl)cc3)N2C=C1)c1ccccc1. The van der Waals surface area contributed by atoms with Crippen molar-refractivity contribution in [3.05, 3.63) is 124 Å². The van der Waals surface area contributed by atoms with Crippen molar-refractivity contribution in [3.63, 3.8) is 0 Å². The van der Waals surface area contributed by atoms with E-state index in [-0.39, 0.29) is 11.6 Å². The number of Topliss-reactive ketones (excluding diaryl/α,β-unsaturated/α-hetero) is 2. The molecule has 0 saturated carbocycles. The number of halogens is 2. The number of allylic oxidation sites excluding steroid dienone is 2. The molecule has 0 radical (unpaired) electrons. The van der Waals surface area contributed by atoms with Crippen LogP contribution >= 0.6 is 23.2 Å². The topological polar surface area (TPSA) is 74.8 Å². The Bertz CT molecular complexity index is 1550. The third-order valence-electron chi connectivity index (χ3n) is 7.31. The maximum Gasteiger partial charge on any atom is 0.240 e. The van der Waals surface area contributed by atoms with Crippen molar-refractivity contribution < 1.29 is 19.2 Å². The Morgan fingerprint density at radius 3 is 2.16 bits per heavy atom. The molecule has 3 aromatic rings. The summed E-state index contributed by atoms with van der Waals surface area (Å²) in [6.45, 7) is 0. The second-order valence-electron chi connectivity index (χ2n) is 9.43. The first-order valence-electron chi connectivity index (χ1n) is 12.1. The summed E-state index contributed by atoms with van der Waals surface area (Å²) in [7, 11) is 0. The van der Waals surface area contributed by atoms with Crippen molar-refractivity contribution in [2.24, 2.45) is 11.8 Å². The minimum Gasteiger partial charge on any atom is -0.359 e. The third-order valence-corrected chi connectivity index (χ3v) is 7.80. The molecule has 0 aliphatic carbocycles. The van der Waals surface area contributed by atoms with Crippen LogP contribution in [0.1, 0.15) is 20.7 Å². The number of ketones is 2. The molecule has 8 heteroatoms. The standard InChI is InChI=1S/C30H20Cl2N2O4/c31-20-11-9-18(10-12-20)28(36)26-25-24(29(37)34(30(25)38)22-8-4-7-21(32)16-22)23-15-19(13-14-33(23)26)27(35)17-5-2-1-3-6-17/h1-16,23-26H/t23-,24+,25-,26+/m0/s1. The first-order valence-corrected chi connectivity index (χ1v) is 12.8. The molecule has 6 nitrogen and oxygen atoms in total. The summed E-state index contributed by atoms with van der Waals surface area (Å²) in [5.41, 5.74) is 1.64. The number of amides is 2. The number of carbonyl (C=O) groups excluding carboxylic acids is 4. The Morgan fingerprint density at radius 2 is 1.45 bits per heavy atom. The second-order valence-corrected chi connectivity index (χ2v) is 10.3. The van der Waals surface area contributed by atoms with E-state index in [1.165, 1.54) is 0 Å². The van der Waals surface area contributed by atoms with E-state index < -0.39 is 35.7 Å². The Balaban J connectivity index is 1.44. The summed E-state index contributed by atoms with van der Waals surface area (Å²) >= 11 is 12.2. The maximum atomic E-state index is 13.8. The van der Waals surface area contributed by atoms with Crippen LogP contribution in [0.3, 0.4) is 0 Å². The van der Waals surface area contributed by atoms with Crippen molar-refractivity contribution >= 4 is 52.3 Å². The van der Waals surface area contributed by atoms with Crippen LogP contribution in [0.5, 0.6) is 0 Å². The lowest BCUT2D eigenvalue weighted by Gasteiger charge is -2.32. The van der Waals surface area contributed by atoms with Gasteiger partial charge in [0.15, 0.2) is 11.6 Å². The maximum absolute atomic E-state index is 13.8. The molecule has 0 aromatic heterocycles. The fourth-order valence-corrected chi connectivity index (χ4v) is 5.92. The minimum absolute atomic E-state index is 0.200. The molecular formula is C30H20Cl2N2O4. The molecule has 2 saturated heterocycles. The number of hydrogen-bond donors (Lipinski definition) is 0. The molecule has 188 valence electrons. The van der Waals surface area contributed by atoms with Crippen LogP contribution in [0, 0.1) is 11.8 Å². The van der Waals surface area contributed by atoms with E-state index in [4.69, 9.17) is 23.2 Å². The van der Waals surface area contributed by atoms with Gasteiger partial charge in [0, 0.05) is 32.9 Å². The average Bonchev–Trinajstić information content (AvgIpc) is 3.40. The first-order chi connectivity index (χ1) is 18.3. The minimum atomic E-state index is -0.943. The highest BCUT2D eigenvalue weighted by molar-refractivity contribution is 6.32. The van der Waals surface area contributed by atoms with Gasteiger partial charge in [-0.05, 0) is 48.5 Å². The van der Waals surface area contributed by atoms with Crippen LogP contribution in [-0.2, 0) is 9.59 Å². The molecule has 0 unspecified atom stereocenters. The van der Waals surface area contributed by atoms with E-state index in [9.17, 15) is 19.2 Å². The van der Waals surface area contributed by atoms with Crippen molar-refractivity contribution in [3.8, 4) is 0 Å². The summed E-state index contributed by atoms with van der Waals surface area (Å²) in [5.74, 6) is -3.20. The van der Waals surface area contributed by atoms with Crippen molar-refractivity contribution in [1.82, 2.24) is 4.90 Å². The van der Waals surface area contributed by atoms with Crippen LogP contribution < -0.4 is 4.90 Å². The molecule has 0 bridgehead atoms. The molecule has 2 fully saturated rings. The average molecular weight is 543 g/mol. The predicted molar refractivity (Wildman–Crippen MR) is 144 cm³/mol. The van der Waals surface area contributed by atoms with Gasteiger partial charge in [-0.25, -0.2) is 4.90 Å². The number of hydrogen-bond acceptors (Lipinski definition) is 5. The van der Waals surface area contributed by atoms with Crippen molar-refractivity contribution in [2.45, 2.75) is 12.1 Å². The summed E-state index contributed by atoms with van der Waals surface area (Å²) in [4.78, 5) is 57.6. The number of fused-ring (bicyclic) bond motifs is 3. The van der Waals surface area contributed by atoms with Crippen molar-refractivity contribution in [1.29, 1.82) is 0 Å². The number of benzene rings is 3. The van der Waals surface area contributed by atoms with E-state index in [0.29, 0.717) is 32.4 Å². The summed E-state index contributed by atoms with van der Waals surface area (Å²) in [6.07, 6.45) is 5.00. The highest BCUT2D eigenvalue weighted by atomic mass is 35.5. The Morgan fingerprint density at radius 1 is 0.737 bits per heavy atom. The van der Waals surface area contributed by atoms with E-state index in [1.54, 1.807) is 96.0 Å². The van der Waals surface area contributed by atoms with Crippen LogP contribution in [0.2, 0.25) is 10.0 Å². The van der Waals surface area contributed by atoms with Crippen LogP contribution in [0.25, 0.3) is 0 Å². The van der Waals surface area contributed by atoms with E-state index in [0.717, 1.165) is 4.90 Å². The molecule has 3 aliphatic rings. The summed E-state index contributed by atoms with van der Waals surface area (Å²) in [5, 5.41) is 0.861. The normalized spacial score (nSPS) is 23.8. The quantitative estimate of drug-likeness (QED) is 0.320. The van der Waals surface area contributed by atoms with E-state index in [2.05, 4.69) is 0 Å². The lowest BCUT2D eigenvalue weighted by Crippen LogP contribution is -2.46. The van der Waals surface area contributed by atoms with Gasteiger partial charge in [0.05, 0.1) is 23.6 Å². The largest absolute Gasteiger partial charge is 0.359 e. The lowest BCUT2D eigenvalue weighted by atomic mass is 9.85. The fraction of sp³-hybridized carbons (Fsp3) is 0.133. The molecule has 0 spiro atoms. The first kappa shape index (κ1) is 24.3. The number of carbonyl (C=O) groups is 4. The number of imide groups is 1. The monoisotopic (exact) mass is 542 g/mol. The lowest BCUT2D eigenvalue weighted by molar-refractivity contribution is -0.123. The second kappa shape index (κ2) is 9.39. The highest BCUT2D eigenvalue weighted by Gasteiger charge is 2.63. The fourth-order valence-electron chi connectivity index (χ4n) is 5.61. The molecule has 3 heterocycles. The summed E-state index contributed by atoms with van der Waals surface area (Å²) < 4.78 is 0. The van der Waals surface area contributed by atoms with Crippen molar-refractivity contribution in [2.75, 3.05) is 4.90 Å². The van der Waals surface area contributed by atoms with Gasteiger partial charge in [-0.3, -0.25) is 19.2 Å². The Labute approximate surface area is 228 Å². The van der Waals surface area contributed by atoms with Crippen LogP contribution in [-0.4, -0.2) is 40.4 Å². The van der Waals surface area contributed by atoms with E-state index in [1.807, 2.05) is 6.07 Å². The number of anilines is 1. The van der Waals surface area contributed by atoms with Crippen LogP contribution in [0.15, 0.2) is 103 Å². The van der Waals surface area contributed by atoms with Gasteiger partial charge in [0.25, 0.3) is 0 Å². The number of nitrogens with zero attached hydrogens (tertiary/aromatic N) is 2. The smallest absolute Gasteiger partial charge is 0.240 e. The zero-order valence-electron chi connectivity index (χ0n) is 19.8. The molecule has 0 N–H and O–H groups in total. The molecule has 3 aliphatic heterocycles. The zero-order valence-corrected chi connectivity index (χ0v) is 21.3. The molecular weight excluding hydrogens is 523 g/mol.